The molecule has 1 aromatic heterocycles. The summed E-state index contributed by atoms with van der Waals surface area (Å²) in [6, 6.07) is 25.6. The van der Waals surface area contributed by atoms with Crippen molar-refractivity contribution in [3.05, 3.63) is 108 Å². The quantitative estimate of drug-likeness (QED) is 0.351. The molecule has 156 valence electrons. The highest BCUT2D eigenvalue weighted by molar-refractivity contribution is 5.83. The number of aromatic nitrogens is 2. The first-order valence-corrected chi connectivity index (χ1v) is 10.6. The molecule has 0 amide bonds. The smallest absolute Gasteiger partial charge is 0.115 e. The van der Waals surface area contributed by atoms with E-state index in [1.54, 1.807) is 6.33 Å². The molecule has 0 aliphatic heterocycles. The molecule has 0 bridgehead atoms. The van der Waals surface area contributed by atoms with Gasteiger partial charge < -0.3 is 4.74 Å². The Bertz CT molecular complexity index is 1120. The summed E-state index contributed by atoms with van der Waals surface area (Å²) in [6.07, 6.45) is 5.27. The predicted octanol–water partition coefficient (Wildman–Crippen LogP) is 6.82. The van der Waals surface area contributed by atoms with Gasteiger partial charge in [0.1, 0.15) is 6.33 Å². The van der Waals surface area contributed by atoms with E-state index in [1.165, 1.54) is 16.7 Å². The molecule has 0 aliphatic rings. The van der Waals surface area contributed by atoms with Gasteiger partial charge in [0.2, 0.25) is 0 Å². The third kappa shape index (κ3) is 5.25. The Kier molecular flexibility index (Phi) is 6.24. The van der Waals surface area contributed by atoms with Gasteiger partial charge in [-0.15, -0.1) is 0 Å². The van der Waals surface area contributed by atoms with E-state index in [9.17, 15) is 0 Å². The summed E-state index contributed by atoms with van der Waals surface area (Å²) in [5, 5.41) is 0. The van der Waals surface area contributed by atoms with Gasteiger partial charge in [0.15, 0.2) is 0 Å². The van der Waals surface area contributed by atoms with Crippen LogP contribution < -0.4 is 0 Å². The third-order valence-corrected chi connectivity index (χ3v) is 5.40. The van der Waals surface area contributed by atoms with E-state index < -0.39 is 0 Å². The van der Waals surface area contributed by atoms with Crippen molar-refractivity contribution in [1.29, 1.82) is 0 Å². The maximum atomic E-state index is 6.04. The lowest BCUT2D eigenvalue weighted by Crippen LogP contribution is -2.10. The summed E-state index contributed by atoms with van der Waals surface area (Å²) in [7, 11) is 0. The lowest BCUT2D eigenvalue weighted by atomic mass is 9.87. The van der Waals surface area contributed by atoms with Crippen LogP contribution in [0.1, 0.15) is 37.5 Å². The van der Waals surface area contributed by atoms with Gasteiger partial charge in [-0.3, -0.25) is 0 Å². The first kappa shape index (κ1) is 21.0. The van der Waals surface area contributed by atoms with Gasteiger partial charge in [-0.25, -0.2) is 9.97 Å². The molecule has 3 nitrogen and oxygen atoms in total. The zero-order chi connectivity index (χ0) is 21.7. The van der Waals surface area contributed by atoms with E-state index in [-0.39, 0.29) is 5.41 Å². The summed E-state index contributed by atoms with van der Waals surface area (Å²) in [6.45, 7) is 7.83. The van der Waals surface area contributed by atoms with Crippen LogP contribution in [-0.4, -0.2) is 9.97 Å². The topological polar surface area (TPSA) is 35.0 Å². The third-order valence-electron chi connectivity index (χ3n) is 5.40. The average Bonchev–Trinajstić information content (AvgIpc) is 2.80. The minimum absolute atomic E-state index is 0.164. The zero-order valence-electron chi connectivity index (χ0n) is 18.4. The van der Waals surface area contributed by atoms with Crippen LogP contribution in [0.25, 0.3) is 22.3 Å². The fraction of sp³-hybridized carbons (Fsp3) is 0.214. The zero-order valence-corrected chi connectivity index (χ0v) is 18.4. The van der Waals surface area contributed by atoms with Crippen LogP contribution in [0.4, 0.5) is 0 Å². The fourth-order valence-corrected chi connectivity index (χ4v) is 3.62. The second-order valence-corrected chi connectivity index (χ2v) is 8.81. The largest absolute Gasteiger partial charge is 0.372 e. The molecule has 0 fully saturated rings. The number of nitrogens with zero attached hydrogens (tertiary/aromatic N) is 2. The Morgan fingerprint density at radius 2 is 1.32 bits per heavy atom. The highest BCUT2D eigenvalue weighted by Crippen LogP contribution is 2.32. The maximum Gasteiger partial charge on any atom is 0.115 e. The summed E-state index contributed by atoms with van der Waals surface area (Å²) in [5.74, 6) is 0. The van der Waals surface area contributed by atoms with E-state index in [4.69, 9.17) is 4.74 Å². The first-order chi connectivity index (χ1) is 15.0. The minimum Gasteiger partial charge on any atom is -0.372 e. The molecule has 3 aromatic carbocycles. The molecule has 0 saturated carbocycles. The maximum absolute atomic E-state index is 6.04. The van der Waals surface area contributed by atoms with E-state index in [1.807, 2.05) is 18.5 Å². The summed E-state index contributed by atoms with van der Waals surface area (Å²) >= 11 is 0. The van der Waals surface area contributed by atoms with Crippen molar-refractivity contribution in [2.45, 2.75) is 39.4 Å². The molecule has 0 N–H and O–H groups in total. The van der Waals surface area contributed by atoms with Crippen molar-refractivity contribution < 1.29 is 4.74 Å². The van der Waals surface area contributed by atoms with Gasteiger partial charge >= 0.3 is 0 Å². The SMILES string of the molecule is CC(C)(C)c1ccc(COCc2ccc(-c3ccccc3)c(-c3cncnc3)c2)cc1. The van der Waals surface area contributed by atoms with Gasteiger partial charge in [-0.1, -0.05) is 87.5 Å². The normalized spacial score (nSPS) is 11.5. The molecular weight excluding hydrogens is 380 g/mol. The average molecular weight is 409 g/mol. The lowest BCUT2D eigenvalue weighted by molar-refractivity contribution is 0.107. The lowest BCUT2D eigenvalue weighted by Gasteiger charge is -2.19. The van der Waals surface area contributed by atoms with Crippen LogP contribution in [-0.2, 0) is 23.4 Å². The molecule has 0 atom stereocenters. The van der Waals surface area contributed by atoms with Crippen molar-refractivity contribution in [1.82, 2.24) is 9.97 Å². The molecule has 0 aliphatic carbocycles. The number of benzene rings is 3. The molecular formula is C28H28N2O. The van der Waals surface area contributed by atoms with Crippen LogP contribution >= 0.6 is 0 Å². The van der Waals surface area contributed by atoms with Crippen LogP contribution in [0, 0.1) is 0 Å². The molecule has 0 unspecified atom stereocenters. The monoisotopic (exact) mass is 408 g/mol. The summed E-state index contributed by atoms with van der Waals surface area (Å²) < 4.78 is 6.04. The van der Waals surface area contributed by atoms with Crippen LogP contribution in [0.5, 0.6) is 0 Å². The van der Waals surface area contributed by atoms with Gasteiger partial charge in [0, 0.05) is 18.0 Å². The number of rotatable bonds is 6. The molecule has 0 spiro atoms. The molecule has 1 heterocycles. The van der Waals surface area contributed by atoms with Crippen molar-refractivity contribution in [3.8, 4) is 22.3 Å². The van der Waals surface area contributed by atoms with E-state index >= 15 is 0 Å². The summed E-state index contributed by atoms with van der Waals surface area (Å²) in [5.41, 5.74) is 8.27. The Labute approximate surface area is 184 Å². The molecule has 31 heavy (non-hydrogen) atoms. The highest BCUT2D eigenvalue weighted by atomic mass is 16.5. The van der Waals surface area contributed by atoms with E-state index in [0.717, 1.165) is 22.3 Å². The van der Waals surface area contributed by atoms with Gasteiger partial charge in [-0.05, 0) is 44.9 Å². The predicted molar refractivity (Wildman–Crippen MR) is 127 cm³/mol. The first-order valence-electron chi connectivity index (χ1n) is 10.6. The Morgan fingerprint density at radius 3 is 2.00 bits per heavy atom. The minimum atomic E-state index is 0.164. The second-order valence-electron chi connectivity index (χ2n) is 8.81. The second kappa shape index (κ2) is 9.23. The Hall–Kier alpha value is -3.30. The standard InChI is InChI=1S/C28H28N2O/c1-28(2,3)25-12-9-21(10-13-25)18-31-19-22-11-14-26(23-7-5-4-6-8-23)27(15-22)24-16-29-20-30-17-24/h4-17,20H,18-19H2,1-3H3. The van der Waals surface area contributed by atoms with Crippen LogP contribution in [0.15, 0.2) is 91.5 Å². The van der Waals surface area contributed by atoms with Gasteiger partial charge in [-0.2, -0.15) is 0 Å². The Morgan fingerprint density at radius 1 is 0.677 bits per heavy atom. The molecule has 4 rings (SSSR count). The molecule has 3 heteroatoms. The molecule has 4 aromatic rings. The molecule has 0 radical (unpaired) electrons. The highest BCUT2D eigenvalue weighted by Gasteiger charge is 2.13. The molecule has 0 saturated heterocycles. The van der Waals surface area contributed by atoms with Crippen LogP contribution in [0.2, 0.25) is 0 Å². The van der Waals surface area contributed by atoms with Crippen molar-refractivity contribution in [2.75, 3.05) is 0 Å². The number of hydrogen-bond acceptors (Lipinski definition) is 3. The van der Waals surface area contributed by atoms with E-state index in [0.29, 0.717) is 13.2 Å². The number of ether oxygens (including phenoxy) is 1. The van der Waals surface area contributed by atoms with Gasteiger partial charge in [0.05, 0.1) is 13.2 Å². The van der Waals surface area contributed by atoms with Crippen LogP contribution in [0.3, 0.4) is 0 Å². The summed E-state index contributed by atoms with van der Waals surface area (Å²) in [4.78, 5) is 8.42. The van der Waals surface area contributed by atoms with Crippen molar-refractivity contribution in [2.24, 2.45) is 0 Å². The van der Waals surface area contributed by atoms with Crippen molar-refractivity contribution in [3.63, 3.8) is 0 Å². The fourth-order valence-electron chi connectivity index (χ4n) is 3.62. The van der Waals surface area contributed by atoms with E-state index in [2.05, 4.69) is 97.5 Å². The van der Waals surface area contributed by atoms with Crippen molar-refractivity contribution >= 4 is 0 Å². The Balaban J connectivity index is 1.52. The van der Waals surface area contributed by atoms with Gasteiger partial charge in [0.25, 0.3) is 0 Å². The number of hydrogen-bond donors (Lipinski definition) is 0.